The Labute approximate surface area is 184 Å². The van der Waals surface area contributed by atoms with Crippen molar-refractivity contribution in [2.24, 2.45) is 10.2 Å². The third kappa shape index (κ3) is 6.31. The first-order valence-electron chi connectivity index (χ1n) is 8.38. The number of nitrogens with one attached hydrogen (secondary N) is 1. The number of carbonyl (C=O) groups excluding carboxylic acids is 1. The Morgan fingerprint density at radius 3 is 2.93 bits per heavy atom. The van der Waals surface area contributed by atoms with Gasteiger partial charge in [-0.1, -0.05) is 51.4 Å². The molecule has 1 aliphatic rings. The van der Waals surface area contributed by atoms with Gasteiger partial charge in [0.2, 0.25) is 5.91 Å². The number of benzene rings is 2. The fourth-order valence-corrected chi connectivity index (χ4v) is 3.97. The largest absolute Gasteiger partial charge is 0.488 e. The second-order valence-corrected chi connectivity index (χ2v) is 8.49. The molecule has 7 nitrogen and oxygen atoms in total. The molecule has 0 aliphatic carbocycles. The number of carboxylic acids is 1. The van der Waals surface area contributed by atoms with E-state index in [-0.39, 0.29) is 11.6 Å². The van der Waals surface area contributed by atoms with Crippen molar-refractivity contribution in [3.63, 3.8) is 0 Å². The highest BCUT2D eigenvalue weighted by atomic mass is 79.9. The van der Waals surface area contributed by atoms with Gasteiger partial charge in [-0.2, -0.15) is 5.10 Å². The molecule has 0 bridgehead atoms. The summed E-state index contributed by atoms with van der Waals surface area (Å²) < 4.78 is 6.84. The predicted octanol–water partition coefficient (Wildman–Crippen LogP) is 4.08. The van der Waals surface area contributed by atoms with Crippen molar-refractivity contribution in [3.05, 3.63) is 63.1 Å². The SMILES string of the molecule is O=C(O)CC1SC(=NN=Cc2cc(Cl)ccc2OCc2cccc(Br)c2)NC1=O. The van der Waals surface area contributed by atoms with Crippen LogP contribution in [0, 0.1) is 0 Å². The van der Waals surface area contributed by atoms with E-state index in [9.17, 15) is 9.59 Å². The lowest BCUT2D eigenvalue weighted by Crippen LogP contribution is -2.26. The van der Waals surface area contributed by atoms with Crippen molar-refractivity contribution in [2.45, 2.75) is 18.3 Å². The molecule has 2 aromatic carbocycles. The normalized spacial score (nSPS) is 17.7. The summed E-state index contributed by atoms with van der Waals surface area (Å²) in [4.78, 5) is 22.5. The second kappa shape index (κ2) is 9.91. The van der Waals surface area contributed by atoms with Crippen LogP contribution >= 0.6 is 39.3 Å². The number of aliphatic carboxylic acids is 1. The molecule has 1 amide bonds. The molecule has 1 saturated heterocycles. The highest BCUT2D eigenvalue weighted by Gasteiger charge is 2.32. The van der Waals surface area contributed by atoms with Gasteiger partial charge < -0.3 is 15.2 Å². The number of amides is 1. The molecule has 150 valence electrons. The molecular weight excluding hydrogens is 482 g/mol. The zero-order chi connectivity index (χ0) is 20.8. The van der Waals surface area contributed by atoms with Gasteiger partial charge in [0.1, 0.15) is 17.6 Å². The number of carbonyl (C=O) groups is 2. The topological polar surface area (TPSA) is 100 Å². The van der Waals surface area contributed by atoms with Crippen LogP contribution in [-0.2, 0) is 16.2 Å². The second-order valence-electron chi connectivity index (χ2n) is 5.94. The van der Waals surface area contributed by atoms with Crippen molar-refractivity contribution < 1.29 is 19.4 Å². The average Bonchev–Trinajstić information content (AvgIpc) is 3.00. The summed E-state index contributed by atoms with van der Waals surface area (Å²) in [7, 11) is 0. The smallest absolute Gasteiger partial charge is 0.305 e. The number of thioether (sulfide) groups is 1. The van der Waals surface area contributed by atoms with Gasteiger partial charge >= 0.3 is 5.97 Å². The maximum atomic E-state index is 11.7. The molecule has 0 spiro atoms. The first kappa shape index (κ1) is 21.4. The van der Waals surface area contributed by atoms with Gasteiger partial charge in [0.05, 0.1) is 12.6 Å². The molecule has 10 heteroatoms. The third-order valence-corrected chi connectivity index (χ3v) is 5.54. The quantitative estimate of drug-likeness (QED) is 0.444. The molecule has 2 aromatic rings. The monoisotopic (exact) mass is 495 g/mol. The lowest BCUT2D eigenvalue weighted by molar-refractivity contribution is -0.138. The first-order chi connectivity index (χ1) is 13.9. The predicted molar refractivity (Wildman–Crippen MR) is 117 cm³/mol. The van der Waals surface area contributed by atoms with Crippen LogP contribution in [0.4, 0.5) is 0 Å². The van der Waals surface area contributed by atoms with E-state index in [0.29, 0.717) is 22.9 Å². The fraction of sp³-hybridized carbons (Fsp3) is 0.158. The number of halogens is 2. The number of carboxylic acid groups (broad SMARTS) is 1. The Kier molecular flexibility index (Phi) is 7.29. The number of hydrogen-bond acceptors (Lipinski definition) is 6. The zero-order valence-corrected chi connectivity index (χ0v) is 18.0. The minimum Gasteiger partial charge on any atom is -0.488 e. The Balaban J connectivity index is 1.69. The molecule has 0 radical (unpaired) electrons. The molecule has 2 N–H and O–H groups in total. The zero-order valence-electron chi connectivity index (χ0n) is 14.8. The van der Waals surface area contributed by atoms with Crippen molar-refractivity contribution in [2.75, 3.05) is 0 Å². The van der Waals surface area contributed by atoms with Crippen LogP contribution in [0.1, 0.15) is 17.5 Å². The first-order valence-corrected chi connectivity index (χ1v) is 10.4. The standard InChI is InChI=1S/C19H15BrClN3O4S/c20-13-3-1-2-11(6-13)10-28-15-5-4-14(21)7-12(15)9-22-24-19-23-18(27)16(29-19)8-17(25)26/h1-7,9,16H,8,10H2,(H,25,26)(H,23,24,27). The van der Waals surface area contributed by atoms with Crippen molar-refractivity contribution >= 4 is 62.6 Å². The lowest BCUT2D eigenvalue weighted by Gasteiger charge is -2.09. The maximum Gasteiger partial charge on any atom is 0.305 e. The molecule has 1 aliphatic heterocycles. The van der Waals surface area contributed by atoms with Crippen LogP contribution in [0.5, 0.6) is 5.75 Å². The van der Waals surface area contributed by atoms with Crippen molar-refractivity contribution in [1.29, 1.82) is 0 Å². The summed E-state index contributed by atoms with van der Waals surface area (Å²) in [6, 6.07) is 12.9. The number of amidine groups is 1. The number of hydrogen-bond donors (Lipinski definition) is 2. The molecule has 1 heterocycles. The molecule has 29 heavy (non-hydrogen) atoms. The molecule has 1 atom stereocenters. The Morgan fingerprint density at radius 1 is 1.34 bits per heavy atom. The maximum absolute atomic E-state index is 11.7. The number of nitrogens with zero attached hydrogens (tertiary/aromatic N) is 2. The molecule has 3 rings (SSSR count). The highest BCUT2D eigenvalue weighted by Crippen LogP contribution is 2.24. The molecule has 0 saturated carbocycles. The molecule has 1 fully saturated rings. The van der Waals surface area contributed by atoms with Gasteiger partial charge in [-0.3, -0.25) is 9.59 Å². The average molecular weight is 497 g/mol. The van der Waals surface area contributed by atoms with E-state index in [1.165, 1.54) is 6.21 Å². The van der Waals surface area contributed by atoms with Crippen molar-refractivity contribution in [3.8, 4) is 5.75 Å². The van der Waals surface area contributed by atoms with E-state index in [4.69, 9.17) is 21.4 Å². The van der Waals surface area contributed by atoms with E-state index in [0.717, 1.165) is 21.8 Å². The van der Waals surface area contributed by atoms with Gasteiger partial charge in [-0.15, -0.1) is 5.10 Å². The van der Waals surface area contributed by atoms with E-state index in [1.807, 2.05) is 24.3 Å². The van der Waals surface area contributed by atoms with Crippen LogP contribution in [0.2, 0.25) is 5.02 Å². The highest BCUT2D eigenvalue weighted by molar-refractivity contribution is 9.10. The van der Waals surface area contributed by atoms with E-state index < -0.39 is 17.1 Å². The Hall–Kier alpha value is -2.36. The van der Waals surface area contributed by atoms with Gasteiger partial charge in [-0.05, 0) is 35.9 Å². The van der Waals surface area contributed by atoms with Crippen LogP contribution in [0.15, 0.2) is 57.1 Å². The van der Waals surface area contributed by atoms with Crippen LogP contribution in [0.25, 0.3) is 0 Å². The van der Waals surface area contributed by atoms with Crippen molar-refractivity contribution in [1.82, 2.24) is 5.32 Å². The Morgan fingerprint density at radius 2 is 2.17 bits per heavy atom. The van der Waals surface area contributed by atoms with Gasteiger partial charge in [0.15, 0.2) is 5.17 Å². The van der Waals surface area contributed by atoms with E-state index in [1.54, 1.807) is 18.2 Å². The minimum atomic E-state index is -1.05. The van der Waals surface area contributed by atoms with E-state index in [2.05, 4.69) is 31.4 Å². The number of ether oxygens (including phenoxy) is 1. The fourth-order valence-electron chi connectivity index (χ4n) is 2.43. The van der Waals surface area contributed by atoms with Gasteiger partial charge in [-0.25, -0.2) is 0 Å². The number of rotatable bonds is 7. The molecule has 0 aromatic heterocycles. The molecular formula is C19H15BrClN3O4S. The summed E-state index contributed by atoms with van der Waals surface area (Å²) in [5.41, 5.74) is 1.61. The summed E-state index contributed by atoms with van der Waals surface area (Å²) in [5, 5.41) is 19.3. The summed E-state index contributed by atoms with van der Waals surface area (Å²) in [5.74, 6) is -0.870. The van der Waals surface area contributed by atoms with Gasteiger partial charge in [0, 0.05) is 15.1 Å². The van der Waals surface area contributed by atoms with Crippen LogP contribution < -0.4 is 10.1 Å². The summed E-state index contributed by atoms with van der Waals surface area (Å²) in [6.07, 6.45) is 1.19. The van der Waals surface area contributed by atoms with Gasteiger partial charge in [0.25, 0.3) is 0 Å². The van der Waals surface area contributed by atoms with Crippen LogP contribution in [0.3, 0.4) is 0 Å². The minimum absolute atomic E-state index is 0.246. The summed E-state index contributed by atoms with van der Waals surface area (Å²) in [6.45, 7) is 0.360. The third-order valence-electron chi connectivity index (χ3n) is 3.74. The van der Waals surface area contributed by atoms with E-state index >= 15 is 0 Å². The Bertz CT molecular complexity index is 999. The lowest BCUT2D eigenvalue weighted by atomic mass is 10.2. The van der Waals surface area contributed by atoms with Crippen LogP contribution in [-0.4, -0.2) is 33.6 Å². The summed E-state index contributed by atoms with van der Waals surface area (Å²) >= 11 is 10.5. The molecule has 1 unspecified atom stereocenters.